The molecule has 2 aromatic carbocycles. The molecule has 0 aliphatic heterocycles. The Labute approximate surface area is 285 Å². The van der Waals surface area contributed by atoms with Gasteiger partial charge in [0.1, 0.15) is 0 Å². The fourth-order valence-electron chi connectivity index (χ4n) is 5.38. The molecule has 0 fully saturated rings. The molecule has 0 heterocycles. The molecular weight excluding hydrogens is 555 g/mol. The van der Waals surface area contributed by atoms with E-state index in [1.54, 1.807) is 0 Å². The Kier molecular flexibility index (Phi) is 16.0. The van der Waals surface area contributed by atoms with Crippen molar-refractivity contribution in [3.8, 4) is 0 Å². The van der Waals surface area contributed by atoms with Gasteiger partial charge in [0.15, 0.2) is 0 Å². The first-order valence-electron chi connectivity index (χ1n) is 17.2. The summed E-state index contributed by atoms with van der Waals surface area (Å²) in [5.74, 6) is 0.989. The van der Waals surface area contributed by atoms with Gasteiger partial charge < -0.3 is 5.32 Å². The van der Waals surface area contributed by atoms with Crippen molar-refractivity contribution in [2.45, 2.75) is 123 Å². The predicted molar refractivity (Wildman–Crippen MR) is 209 cm³/mol. The minimum atomic E-state index is 0.256. The Balaban J connectivity index is 0.000000419. The van der Waals surface area contributed by atoms with E-state index in [0.29, 0.717) is 17.3 Å². The van der Waals surface area contributed by atoms with Crippen molar-refractivity contribution in [2.75, 3.05) is 0 Å². The molecule has 0 amide bonds. The molecule has 2 aromatic rings. The minimum Gasteiger partial charge on any atom is -0.355 e. The van der Waals surface area contributed by atoms with Crippen LogP contribution < -0.4 is 5.32 Å². The molecule has 1 aliphatic rings. The Bertz CT molecular complexity index is 1430. The molecule has 2 unspecified atom stereocenters. The van der Waals surface area contributed by atoms with Gasteiger partial charge in [-0.3, -0.25) is 0 Å². The van der Waals surface area contributed by atoms with Crippen molar-refractivity contribution in [2.24, 2.45) is 16.7 Å². The zero-order valence-electron chi connectivity index (χ0n) is 32.3. The highest BCUT2D eigenvalue weighted by molar-refractivity contribution is 5.49. The molecule has 1 N–H and O–H groups in total. The van der Waals surface area contributed by atoms with Crippen LogP contribution in [0.4, 0.5) is 0 Å². The summed E-state index contributed by atoms with van der Waals surface area (Å²) in [4.78, 5) is 0. The van der Waals surface area contributed by atoms with E-state index >= 15 is 0 Å². The monoisotopic (exact) mass is 622 g/mol. The number of rotatable bonds is 7. The normalized spacial score (nSPS) is 16.2. The Morgan fingerprint density at radius 1 is 0.826 bits per heavy atom. The van der Waals surface area contributed by atoms with Crippen LogP contribution in [0.1, 0.15) is 127 Å². The standard InChI is InChI=1S/C24H34.C16H21N.C5H12/c1-15-10-11-16(2)21(12-15)23(20(6)24(7,8)9)22-14-18(4)17(3)13-19(22)5;1-5-10-14(6-2)17-16(7-3)15-12-9-8-11-13(15)4;1-5(2,3)4/h10-14,20,23H,1-9H3;5-7,9-10,12,17H,3-4,8,11H2,1-2H3;1-4H3/b;10-5-,14-6+,16-15+;. The maximum absolute atomic E-state index is 4.11. The zero-order valence-corrected chi connectivity index (χ0v) is 32.3. The molecule has 0 bridgehead atoms. The van der Waals surface area contributed by atoms with Gasteiger partial charge in [0, 0.05) is 22.9 Å². The lowest BCUT2D eigenvalue weighted by atomic mass is 9.67. The third-order valence-electron chi connectivity index (χ3n) is 8.56. The maximum atomic E-state index is 4.11. The minimum absolute atomic E-state index is 0.256. The fourth-order valence-corrected chi connectivity index (χ4v) is 5.38. The van der Waals surface area contributed by atoms with Crippen molar-refractivity contribution in [1.29, 1.82) is 0 Å². The lowest BCUT2D eigenvalue weighted by Gasteiger charge is -2.37. The summed E-state index contributed by atoms with van der Waals surface area (Å²) in [7, 11) is 0. The molecule has 0 aromatic heterocycles. The molecule has 46 heavy (non-hydrogen) atoms. The van der Waals surface area contributed by atoms with E-state index in [1.165, 1.54) is 44.5 Å². The van der Waals surface area contributed by atoms with E-state index in [2.05, 4.69) is 151 Å². The summed E-state index contributed by atoms with van der Waals surface area (Å²) in [5, 5.41) is 3.38. The van der Waals surface area contributed by atoms with Crippen LogP contribution in [0.2, 0.25) is 0 Å². The van der Waals surface area contributed by atoms with Crippen molar-refractivity contribution in [1.82, 2.24) is 5.32 Å². The zero-order chi connectivity index (χ0) is 35.4. The molecule has 252 valence electrons. The van der Waals surface area contributed by atoms with Crippen LogP contribution in [-0.2, 0) is 0 Å². The Morgan fingerprint density at radius 2 is 1.39 bits per heavy atom. The lowest BCUT2D eigenvalue weighted by Crippen LogP contribution is -2.26. The third kappa shape index (κ3) is 13.2. The number of aryl methyl sites for hydroxylation is 5. The topological polar surface area (TPSA) is 12.0 Å². The van der Waals surface area contributed by atoms with Gasteiger partial charge in [-0.2, -0.15) is 0 Å². The van der Waals surface area contributed by atoms with Gasteiger partial charge in [-0.25, -0.2) is 0 Å². The number of allylic oxidation sites excluding steroid dienone is 8. The summed E-state index contributed by atoms with van der Waals surface area (Å²) in [6, 6.07) is 11.7. The van der Waals surface area contributed by atoms with Gasteiger partial charge in [0.25, 0.3) is 0 Å². The van der Waals surface area contributed by atoms with Crippen molar-refractivity contribution < 1.29 is 0 Å². The van der Waals surface area contributed by atoms with Crippen LogP contribution in [0.3, 0.4) is 0 Å². The molecule has 3 rings (SSSR count). The van der Waals surface area contributed by atoms with Crippen LogP contribution >= 0.6 is 0 Å². The van der Waals surface area contributed by atoms with Crippen LogP contribution in [0.15, 0.2) is 102 Å². The Morgan fingerprint density at radius 3 is 1.89 bits per heavy atom. The number of hydrogen-bond donors (Lipinski definition) is 1. The fraction of sp³-hybridized carbons (Fsp3) is 0.467. The molecule has 1 heteroatoms. The molecule has 1 aliphatic carbocycles. The molecule has 1 nitrogen and oxygen atoms in total. The largest absolute Gasteiger partial charge is 0.355 e. The van der Waals surface area contributed by atoms with Gasteiger partial charge in [0.05, 0.1) is 0 Å². The number of hydrogen-bond acceptors (Lipinski definition) is 1. The highest BCUT2D eigenvalue weighted by atomic mass is 14.9. The molecule has 0 spiro atoms. The summed E-state index contributed by atoms with van der Waals surface area (Å²) in [6.45, 7) is 41.5. The van der Waals surface area contributed by atoms with Crippen LogP contribution in [0.25, 0.3) is 0 Å². The van der Waals surface area contributed by atoms with Gasteiger partial charge in [0.2, 0.25) is 0 Å². The summed E-state index contributed by atoms with van der Waals surface area (Å²) >= 11 is 0. The van der Waals surface area contributed by atoms with Gasteiger partial charge in [-0.05, 0) is 129 Å². The molecule has 2 atom stereocenters. The maximum Gasteiger partial charge on any atom is 0.0454 e. The Hall–Kier alpha value is -3.32. The highest BCUT2D eigenvalue weighted by Gasteiger charge is 2.32. The van der Waals surface area contributed by atoms with Crippen molar-refractivity contribution in [3.63, 3.8) is 0 Å². The number of benzene rings is 2. The first-order chi connectivity index (χ1) is 21.2. The molecular formula is C45H67N. The lowest BCUT2D eigenvalue weighted by molar-refractivity contribution is 0.236. The van der Waals surface area contributed by atoms with E-state index < -0.39 is 0 Å². The quantitative estimate of drug-likeness (QED) is 0.303. The molecule has 0 saturated carbocycles. The predicted octanol–water partition coefficient (Wildman–Crippen LogP) is 13.5. The third-order valence-corrected chi connectivity index (χ3v) is 8.56. The second-order valence-electron chi connectivity index (χ2n) is 15.7. The van der Waals surface area contributed by atoms with Crippen molar-refractivity contribution >= 4 is 0 Å². The van der Waals surface area contributed by atoms with Crippen LogP contribution in [0.5, 0.6) is 0 Å². The van der Waals surface area contributed by atoms with Gasteiger partial charge >= 0.3 is 0 Å². The average molecular weight is 622 g/mol. The summed E-state index contributed by atoms with van der Waals surface area (Å²) < 4.78 is 0. The van der Waals surface area contributed by atoms with E-state index in [4.69, 9.17) is 0 Å². The van der Waals surface area contributed by atoms with E-state index in [1.807, 2.05) is 38.2 Å². The summed E-state index contributed by atoms with van der Waals surface area (Å²) in [5.41, 5.74) is 15.1. The second-order valence-corrected chi connectivity index (χ2v) is 15.7. The van der Waals surface area contributed by atoms with E-state index in [9.17, 15) is 0 Å². The first kappa shape index (κ1) is 40.7. The van der Waals surface area contributed by atoms with E-state index in [0.717, 1.165) is 29.8 Å². The second kappa shape index (κ2) is 18.1. The van der Waals surface area contributed by atoms with E-state index in [-0.39, 0.29) is 5.41 Å². The van der Waals surface area contributed by atoms with Gasteiger partial charge in [-0.15, -0.1) is 0 Å². The van der Waals surface area contributed by atoms with Gasteiger partial charge in [-0.1, -0.05) is 129 Å². The smallest absolute Gasteiger partial charge is 0.0454 e. The van der Waals surface area contributed by atoms with Crippen molar-refractivity contribution in [3.05, 3.63) is 141 Å². The summed E-state index contributed by atoms with van der Waals surface area (Å²) in [6.07, 6.45) is 14.4. The number of nitrogens with one attached hydrogen (secondary N) is 1. The highest BCUT2D eigenvalue weighted by Crippen LogP contribution is 2.44. The van der Waals surface area contributed by atoms with Crippen LogP contribution in [-0.4, -0.2) is 0 Å². The van der Waals surface area contributed by atoms with Crippen LogP contribution in [0, 0.1) is 51.4 Å². The molecule has 0 saturated heterocycles. The molecule has 0 radical (unpaired) electrons. The average Bonchev–Trinajstić information content (AvgIpc) is 2.95. The first-order valence-corrected chi connectivity index (χ1v) is 17.2. The SMILES string of the molecule is C=C/C(NC(/C=C\C)=C/C)=C1/C=CCCC1=C.CC(C)(C)C.Cc1ccc(C)c(C(c2cc(C)c(C)cc2C)C(C)C(C)(C)C)c1.